The lowest BCUT2D eigenvalue weighted by Gasteiger charge is -2.53. The normalized spacial score (nSPS) is 37.3. The first-order valence-electron chi connectivity index (χ1n) is 10.8. The van der Waals surface area contributed by atoms with Gasteiger partial charge in [-0.15, -0.1) is 11.3 Å². The third-order valence-corrected chi connectivity index (χ3v) is 8.86. The van der Waals surface area contributed by atoms with E-state index in [0.29, 0.717) is 0 Å². The number of aliphatic hydroxyl groups is 1. The zero-order chi connectivity index (χ0) is 20.2. The summed E-state index contributed by atoms with van der Waals surface area (Å²) < 4.78 is 0. The number of likely N-dealkylation sites (N-methyl/N-ethyl adjacent to an activating group) is 1. The van der Waals surface area contributed by atoms with Gasteiger partial charge in [-0.3, -0.25) is 4.79 Å². The van der Waals surface area contributed by atoms with E-state index in [-0.39, 0.29) is 35.0 Å². The molecular weight excluding hydrogens is 370 g/mol. The predicted octanol–water partition coefficient (Wildman–Crippen LogP) is 2.91. The van der Waals surface area contributed by atoms with Crippen LogP contribution in [0.5, 0.6) is 0 Å². The van der Waals surface area contributed by atoms with Gasteiger partial charge in [0.05, 0.1) is 16.8 Å². The van der Waals surface area contributed by atoms with Crippen molar-refractivity contribution >= 4 is 17.2 Å². The summed E-state index contributed by atoms with van der Waals surface area (Å²) in [6.45, 7) is 12.2. The van der Waals surface area contributed by atoms with Gasteiger partial charge < -0.3 is 14.9 Å². The van der Waals surface area contributed by atoms with Crippen LogP contribution in [0.1, 0.15) is 55.1 Å². The summed E-state index contributed by atoms with van der Waals surface area (Å²) in [6.07, 6.45) is 2.61. The lowest BCUT2D eigenvalue weighted by Crippen LogP contribution is -2.55. The Labute approximate surface area is 173 Å². The first-order chi connectivity index (χ1) is 13.2. The summed E-state index contributed by atoms with van der Waals surface area (Å²) in [7, 11) is 2.11. The van der Waals surface area contributed by atoms with Crippen molar-refractivity contribution in [2.75, 3.05) is 33.2 Å². The number of fused-ring (bicyclic) bond motifs is 2. The molecule has 2 heterocycles. The molecule has 6 atom stereocenters. The minimum Gasteiger partial charge on any atom is -0.392 e. The molecular formula is C22H35N3O2S. The zero-order valence-corrected chi connectivity index (χ0v) is 18.8. The second kappa shape index (κ2) is 7.37. The van der Waals surface area contributed by atoms with Crippen LogP contribution in [-0.4, -0.2) is 65.1 Å². The van der Waals surface area contributed by atoms with E-state index >= 15 is 0 Å². The van der Waals surface area contributed by atoms with E-state index in [4.69, 9.17) is 4.98 Å². The van der Waals surface area contributed by atoms with Gasteiger partial charge in [0.25, 0.3) is 0 Å². The highest BCUT2D eigenvalue weighted by molar-refractivity contribution is 7.11. The molecule has 5 nitrogen and oxygen atoms in total. The van der Waals surface area contributed by atoms with E-state index in [1.807, 2.05) is 23.2 Å². The third-order valence-electron chi connectivity index (χ3n) is 7.88. The summed E-state index contributed by atoms with van der Waals surface area (Å²) >= 11 is 1.82. The minimum atomic E-state index is -0.435. The van der Waals surface area contributed by atoms with Crippen LogP contribution in [0.25, 0.3) is 0 Å². The van der Waals surface area contributed by atoms with Crippen LogP contribution < -0.4 is 0 Å². The predicted molar refractivity (Wildman–Crippen MR) is 113 cm³/mol. The number of carbonyl (C=O) groups is 1. The largest absolute Gasteiger partial charge is 0.392 e. The number of amides is 1. The molecule has 4 rings (SSSR count). The number of aromatic nitrogens is 1. The summed E-state index contributed by atoms with van der Waals surface area (Å²) in [6, 6.07) is 0. The second-order valence-electron chi connectivity index (χ2n) is 9.80. The van der Waals surface area contributed by atoms with Gasteiger partial charge in [0.15, 0.2) is 0 Å². The molecule has 0 bridgehead atoms. The first-order valence-corrected chi connectivity index (χ1v) is 11.6. The molecule has 1 aromatic heterocycles. The van der Waals surface area contributed by atoms with E-state index in [0.717, 1.165) is 50.4 Å². The number of thiazole rings is 1. The van der Waals surface area contributed by atoms with Gasteiger partial charge >= 0.3 is 0 Å². The smallest absolute Gasteiger partial charge is 0.225 e. The lowest BCUT2D eigenvalue weighted by atomic mass is 9.53. The van der Waals surface area contributed by atoms with Crippen molar-refractivity contribution in [2.24, 2.45) is 23.2 Å². The number of rotatable bonds is 2. The monoisotopic (exact) mass is 405 g/mol. The fourth-order valence-electron chi connectivity index (χ4n) is 6.17. The molecule has 3 aliphatic rings. The van der Waals surface area contributed by atoms with Crippen LogP contribution in [0.15, 0.2) is 0 Å². The Bertz CT molecular complexity index is 742. The van der Waals surface area contributed by atoms with Crippen molar-refractivity contribution < 1.29 is 9.90 Å². The molecule has 28 heavy (non-hydrogen) atoms. The maximum absolute atomic E-state index is 13.2. The highest BCUT2D eigenvalue weighted by Crippen LogP contribution is 2.57. The number of carbonyl (C=O) groups excluding carboxylic acids is 1. The minimum absolute atomic E-state index is 0.0500. The highest BCUT2D eigenvalue weighted by atomic mass is 32.1. The summed E-state index contributed by atoms with van der Waals surface area (Å²) in [5, 5.41) is 12.6. The molecule has 1 aliphatic heterocycles. The van der Waals surface area contributed by atoms with E-state index in [2.05, 4.69) is 32.7 Å². The average molecular weight is 406 g/mol. The maximum Gasteiger partial charge on any atom is 0.225 e. The standard InChI is InChI=1S/C22H35N3O2S/c1-13(21(27)25-10-8-24(5)9-11-25)16-6-7-22(4)12-17-19(23-15(3)28-17)14(2)18(22)20(16)26/h13-14,16,18,20,26H,6-12H2,1-5H3/t13-,14-,16+,18+,20-,22+/m0/s1. The number of aliphatic hydroxyl groups excluding tert-OH is 1. The molecule has 1 amide bonds. The Balaban J connectivity index is 1.53. The molecule has 2 aliphatic carbocycles. The van der Waals surface area contributed by atoms with E-state index < -0.39 is 6.10 Å². The topological polar surface area (TPSA) is 56.7 Å². The van der Waals surface area contributed by atoms with Gasteiger partial charge in [-0.2, -0.15) is 0 Å². The third kappa shape index (κ3) is 3.31. The Kier molecular flexibility index (Phi) is 5.34. The van der Waals surface area contributed by atoms with E-state index in [9.17, 15) is 9.90 Å². The van der Waals surface area contributed by atoms with Gasteiger partial charge in [-0.1, -0.05) is 20.8 Å². The molecule has 0 aromatic carbocycles. The molecule has 6 heteroatoms. The molecule has 0 spiro atoms. The van der Waals surface area contributed by atoms with Gasteiger partial charge in [-0.25, -0.2) is 4.98 Å². The van der Waals surface area contributed by atoms with Crippen LogP contribution in [0, 0.1) is 30.1 Å². The Hall–Kier alpha value is -0.980. The number of aryl methyl sites for hydroxylation is 1. The van der Waals surface area contributed by atoms with Crippen LogP contribution in [-0.2, 0) is 11.2 Å². The Morgan fingerprint density at radius 2 is 2.00 bits per heavy atom. The molecule has 156 valence electrons. The molecule has 1 saturated carbocycles. The summed E-state index contributed by atoms with van der Waals surface area (Å²) in [4.78, 5) is 23.7. The number of hydrogen-bond acceptors (Lipinski definition) is 5. The summed E-state index contributed by atoms with van der Waals surface area (Å²) in [5.74, 6) is 0.600. The average Bonchev–Trinajstić information content (AvgIpc) is 3.01. The number of nitrogens with zero attached hydrogens (tertiary/aromatic N) is 3. The Morgan fingerprint density at radius 1 is 1.32 bits per heavy atom. The van der Waals surface area contributed by atoms with Crippen molar-refractivity contribution in [3.8, 4) is 0 Å². The van der Waals surface area contributed by atoms with Crippen molar-refractivity contribution in [1.29, 1.82) is 0 Å². The second-order valence-corrected chi connectivity index (χ2v) is 11.1. The molecule has 0 unspecified atom stereocenters. The van der Waals surface area contributed by atoms with Gasteiger partial charge in [0, 0.05) is 42.9 Å². The number of piperazine rings is 1. The molecule has 1 aromatic rings. The van der Waals surface area contributed by atoms with Crippen LogP contribution in [0.4, 0.5) is 0 Å². The quantitative estimate of drug-likeness (QED) is 0.822. The van der Waals surface area contributed by atoms with Gasteiger partial charge in [0.2, 0.25) is 5.91 Å². The lowest BCUT2D eigenvalue weighted by molar-refractivity contribution is -0.146. The van der Waals surface area contributed by atoms with E-state index in [1.54, 1.807) is 0 Å². The maximum atomic E-state index is 13.2. The number of hydrogen-bond donors (Lipinski definition) is 1. The first kappa shape index (κ1) is 20.3. The fourth-order valence-corrected chi connectivity index (χ4v) is 7.40. The summed E-state index contributed by atoms with van der Waals surface area (Å²) in [5.41, 5.74) is 1.31. The molecule has 2 fully saturated rings. The van der Waals surface area contributed by atoms with Crippen molar-refractivity contribution in [2.45, 2.75) is 59.0 Å². The van der Waals surface area contributed by atoms with E-state index in [1.165, 1.54) is 10.6 Å². The SMILES string of the molecule is Cc1nc2c(s1)C[C@@]1(C)CC[C@H]([C@H](C)C(=O)N3CCN(C)CC3)[C@H](O)[C@H]1[C@@H]2C. The highest BCUT2D eigenvalue weighted by Gasteiger charge is 2.54. The van der Waals surface area contributed by atoms with Crippen LogP contribution in [0.3, 0.4) is 0 Å². The molecule has 1 saturated heterocycles. The van der Waals surface area contributed by atoms with Crippen LogP contribution >= 0.6 is 11.3 Å². The zero-order valence-electron chi connectivity index (χ0n) is 17.9. The molecule has 0 radical (unpaired) electrons. The Morgan fingerprint density at radius 3 is 2.68 bits per heavy atom. The van der Waals surface area contributed by atoms with Crippen molar-refractivity contribution in [3.63, 3.8) is 0 Å². The van der Waals surface area contributed by atoms with Crippen molar-refractivity contribution in [3.05, 3.63) is 15.6 Å². The van der Waals surface area contributed by atoms with Gasteiger partial charge in [-0.05, 0) is 50.5 Å². The van der Waals surface area contributed by atoms with Crippen molar-refractivity contribution in [1.82, 2.24) is 14.8 Å². The fraction of sp³-hybridized carbons (Fsp3) is 0.818. The van der Waals surface area contributed by atoms with Gasteiger partial charge in [0.1, 0.15) is 0 Å². The molecule has 1 N–H and O–H groups in total. The van der Waals surface area contributed by atoms with Crippen LogP contribution in [0.2, 0.25) is 0 Å².